The first-order valence-corrected chi connectivity index (χ1v) is 7.93. The Morgan fingerprint density at radius 1 is 0.667 bits per heavy atom. The van der Waals surface area contributed by atoms with Crippen LogP contribution in [0.5, 0.6) is 11.5 Å². The zero-order valence-corrected chi connectivity index (χ0v) is 13.9. The van der Waals surface area contributed by atoms with Crippen molar-refractivity contribution in [2.75, 3.05) is 10.6 Å². The average Bonchev–Trinajstić information content (AvgIpc) is 2.66. The van der Waals surface area contributed by atoms with Crippen LogP contribution in [-0.4, -0.2) is 22.0 Å². The smallest absolute Gasteiger partial charge is 0.255 e. The van der Waals surface area contributed by atoms with Gasteiger partial charge in [0.1, 0.15) is 5.82 Å². The molecule has 3 aromatic rings. The fraction of sp³-hybridized carbons (Fsp3) is 0. The van der Waals surface area contributed by atoms with E-state index in [1.54, 1.807) is 24.3 Å². The van der Waals surface area contributed by atoms with Crippen molar-refractivity contribution in [1.29, 1.82) is 0 Å². The topological polar surface area (TPSA) is 98.7 Å². The first kappa shape index (κ1) is 17.9. The molecular formula is C20H15FN2O4. The minimum Gasteiger partial charge on any atom is -0.504 e. The van der Waals surface area contributed by atoms with Crippen molar-refractivity contribution in [2.24, 2.45) is 0 Å². The van der Waals surface area contributed by atoms with Crippen molar-refractivity contribution < 1.29 is 24.2 Å². The minimum atomic E-state index is -0.464. The molecule has 4 N–H and O–H groups in total. The number of anilines is 2. The highest BCUT2D eigenvalue weighted by Crippen LogP contribution is 2.25. The number of phenols is 2. The van der Waals surface area contributed by atoms with E-state index in [1.807, 2.05) is 0 Å². The molecule has 2 amide bonds. The summed E-state index contributed by atoms with van der Waals surface area (Å²) in [5.74, 6) is -1.97. The maximum absolute atomic E-state index is 12.9. The fourth-order valence-corrected chi connectivity index (χ4v) is 2.31. The number of carbonyl (C=O) groups is 2. The molecule has 6 nitrogen and oxygen atoms in total. The summed E-state index contributed by atoms with van der Waals surface area (Å²) in [6.07, 6.45) is 0. The third-order valence-corrected chi connectivity index (χ3v) is 3.74. The van der Waals surface area contributed by atoms with E-state index in [1.165, 1.54) is 36.4 Å². The Balaban J connectivity index is 1.64. The number of hydrogen-bond donors (Lipinski definition) is 4. The molecule has 0 aromatic heterocycles. The van der Waals surface area contributed by atoms with Gasteiger partial charge in [-0.05, 0) is 66.7 Å². The van der Waals surface area contributed by atoms with E-state index in [0.717, 1.165) is 6.07 Å². The van der Waals surface area contributed by atoms with E-state index in [0.29, 0.717) is 16.9 Å². The van der Waals surface area contributed by atoms with Gasteiger partial charge in [-0.25, -0.2) is 4.39 Å². The van der Waals surface area contributed by atoms with Gasteiger partial charge in [0.25, 0.3) is 11.8 Å². The third-order valence-electron chi connectivity index (χ3n) is 3.74. The molecule has 27 heavy (non-hydrogen) atoms. The largest absolute Gasteiger partial charge is 0.504 e. The molecule has 0 radical (unpaired) electrons. The predicted octanol–water partition coefficient (Wildman–Crippen LogP) is 3.74. The molecule has 7 heteroatoms. The van der Waals surface area contributed by atoms with Crippen molar-refractivity contribution >= 4 is 23.2 Å². The number of nitrogens with one attached hydrogen (secondary N) is 2. The highest BCUT2D eigenvalue weighted by atomic mass is 19.1. The number of aromatic hydroxyl groups is 2. The maximum Gasteiger partial charge on any atom is 0.255 e. The van der Waals surface area contributed by atoms with E-state index in [-0.39, 0.29) is 23.0 Å². The van der Waals surface area contributed by atoms with Gasteiger partial charge in [-0.2, -0.15) is 0 Å². The number of phenolic OH excluding ortho intramolecular Hbond substituents is 2. The SMILES string of the molecule is O=C(Nc1ccc(NC(=O)c2ccc(O)c(O)c2)cc1)c1ccc(F)cc1. The molecule has 0 aliphatic carbocycles. The van der Waals surface area contributed by atoms with Crippen LogP contribution in [0.25, 0.3) is 0 Å². The van der Waals surface area contributed by atoms with E-state index in [9.17, 15) is 24.2 Å². The van der Waals surface area contributed by atoms with Crippen molar-refractivity contribution in [3.63, 3.8) is 0 Å². The number of carbonyl (C=O) groups excluding carboxylic acids is 2. The van der Waals surface area contributed by atoms with Gasteiger partial charge in [-0.3, -0.25) is 9.59 Å². The second-order valence-electron chi connectivity index (χ2n) is 5.70. The van der Waals surface area contributed by atoms with Crippen LogP contribution in [0.3, 0.4) is 0 Å². The summed E-state index contributed by atoms with van der Waals surface area (Å²) < 4.78 is 12.9. The molecule has 0 heterocycles. The van der Waals surface area contributed by atoms with Crippen LogP contribution < -0.4 is 10.6 Å². The quantitative estimate of drug-likeness (QED) is 0.529. The lowest BCUT2D eigenvalue weighted by molar-refractivity contribution is 0.101. The van der Waals surface area contributed by atoms with E-state index in [2.05, 4.69) is 10.6 Å². The molecule has 0 saturated heterocycles. The zero-order chi connectivity index (χ0) is 19.4. The zero-order valence-electron chi connectivity index (χ0n) is 13.9. The third kappa shape index (κ3) is 4.40. The van der Waals surface area contributed by atoms with Crippen LogP contribution in [0, 0.1) is 5.82 Å². The highest BCUT2D eigenvalue weighted by molar-refractivity contribution is 6.06. The molecule has 0 fully saturated rings. The lowest BCUT2D eigenvalue weighted by Crippen LogP contribution is -2.13. The number of hydrogen-bond acceptors (Lipinski definition) is 4. The Kier molecular flexibility index (Phi) is 5.03. The first-order chi connectivity index (χ1) is 12.9. The highest BCUT2D eigenvalue weighted by Gasteiger charge is 2.10. The molecule has 0 bridgehead atoms. The van der Waals surface area contributed by atoms with Gasteiger partial charge in [-0.1, -0.05) is 0 Å². The Morgan fingerprint density at radius 3 is 1.67 bits per heavy atom. The molecule has 0 spiro atoms. The van der Waals surface area contributed by atoms with Crippen molar-refractivity contribution in [3.8, 4) is 11.5 Å². The molecule has 0 aliphatic heterocycles. The lowest BCUT2D eigenvalue weighted by Gasteiger charge is -2.09. The minimum absolute atomic E-state index is 0.180. The Bertz CT molecular complexity index is 986. The van der Waals surface area contributed by atoms with Crippen LogP contribution in [-0.2, 0) is 0 Å². The predicted molar refractivity (Wildman–Crippen MR) is 98.5 cm³/mol. The number of amides is 2. The van der Waals surface area contributed by atoms with Gasteiger partial charge < -0.3 is 20.8 Å². The van der Waals surface area contributed by atoms with Crippen molar-refractivity contribution in [1.82, 2.24) is 0 Å². The van der Waals surface area contributed by atoms with Gasteiger partial charge >= 0.3 is 0 Å². The van der Waals surface area contributed by atoms with E-state index >= 15 is 0 Å². The molecule has 3 rings (SSSR count). The van der Waals surface area contributed by atoms with Crippen LogP contribution in [0.4, 0.5) is 15.8 Å². The maximum atomic E-state index is 12.9. The fourth-order valence-electron chi connectivity index (χ4n) is 2.31. The van der Waals surface area contributed by atoms with Crippen LogP contribution >= 0.6 is 0 Å². The summed E-state index contributed by atoms with van der Waals surface area (Å²) in [6.45, 7) is 0. The summed E-state index contributed by atoms with van der Waals surface area (Å²) in [5, 5.41) is 24.0. The summed E-state index contributed by atoms with van der Waals surface area (Å²) in [5.41, 5.74) is 1.48. The number of benzene rings is 3. The van der Waals surface area contributed by atoms with Gasteiger partial charge in [-0.15, -0.1) is 0 Å². The van der Waals surface area contributed by atoms with Crippen molar-refractivity contribution in [3.05, 3.63) is 83.7 Å². The standard InChI is InChI=1S/C20H15FN2O4/c21-14-4-1-12(2-5-14)19(26)22-15-6-8-16(9-7-15)23-20(27)13-3-10-17(24)18(25)11-13/h1-11,24-25H,(H,22,26)(H,23,27). The second kappa shape index (κ2) is 7.57. The van der Waals surface area contributed by atoms with Gasteiger partial charge in [0.2, 0.25) is 0 Å². The van der Waals surface area contributed by atoms with Crippen LogP contribution in [0.15, 0.2) is 66.7 Å². The average molecular weight is 366 g/mol. The molecule has 0 saturated carbocycles. The summed E-state index contributed by atoms with van der Waals surface area (Å²) in [7, 11) is 0. The molecule has 0 aliphatic rings. The van der Waals surface area contributed by atoms with E-state index in [4.69, 9.17) is 0 Å². The molecule has 0 atom stereocenters. The second-order valence-corrected chi connectivity index (χ2v) is 5.70. The number of halogens is 1. The molecule has 3 aromatic carbocycles. The van der Waals surface area contributed by atoms with Crippen molar-refractivity contribution in [2.45, 2.75) is 0 Å². The Hall–Kier alpha value is -3.87. The molecular weight excluding hydrogens is 351 g/mol. The lowest BCUT2D eigenvalue weighted by atomic mass is 10.1. The van der Waals surface area contributed by atoms with E-state index < -0.39 is 11.7 Å². The number of rotatable bonds is 4. The molecule has 136 valence electrons. The normalized spacial score (nSPS) is 10.3. The Labute approximate surface area is 153 Å². The first-order valence-electron chi connectivity index (χ1n) is 7.93. The Morgan fingerprint density at radius 2 is 1.15 bits per heavy atom. The van der Waals surface area contributed by atoms with Crippen LogP contribution in [0.2, 0.25) is 0 Å². The van der Waals surface area contributed by atoms with Gasteiger partial charge in [0.15, 0.2) is 11.5 Å². The van der Waals surface area contributed by atoms with Gasteiger partial charge in [0, 0.05) is 22.5 Å². The molecule has 0 unspecified atom stereocenters. The van der Waals surface area contributed by atoms with Crippen LogP contribution in [0.1, 0.15) is 20.7 Å². The summed E-state index contributed by atoms with van der Waals surface area (Å²) >= 11 is 0. The summed E-state index contributed by atoms with van der Waals surface area (Å²) in [6, 6.07) is 15.3. The summed E-state index contributed by atoms with van der Waals surface area (Å²) in [4.78, 5) is 24.2. The monoisotopic (exact) mass is 366 g/mol. The van der Waals surface area contributed by atoms with Gasteiger partial charge in [0.05, 0.1) is 0 Å².